The van der Waals surface area contributed by atoms with Crippen LogP contribution in [-0.4, -0.2) is 32.8 Å². The van der Waals surface area contributed by atoms with Crippen molar-refractivity contribution in [3.63, 3.8) is 0 Å². The van der Waals surface area contributed by atoms with Gasteiger partial charge in [-0.2, -0.15) is 0 Å². The van der Waals surface area contributed by atoms with E-state index < -0.39 is 16.1 Å². The summed E-state index contributed by atoms with van der Waals surface area (Å²) in [5.41, 5.74) is 2.82. The molecule has 1 heterocycles. The van der Waals surface area contributed by atoms with Gasteiger partial charge in [-0.1, -0.05) is 31.9 Å². The van der Waals surface area contributed by atoms with Gasteiger partial charge in [0.05, 0.1) is 11.5 Å². The highest BCUT2D eigenvalue weighted by molar-refractivity contribution is 7.90. The molecule has 23 heavy (non-hydrogen) atoms. The van der Waals surface area contributed by atoms with Crippen LogP contribution in [0.25, 0.3) is 0 Å². The Hall–Kier alpha value is -1.93. The smallest absolute Gasteiger partial charge is 0.268 e. The predicted molar refractivity (Wildman–Crippen MR) is 86.4 cm³/mol. The van der Waals surface area contributed by atoms with Crippen molar-refractivity contribution in [2.24, 2.45) is 4.99 Å². The van der Waals surface area contributed by atoms with E-state index in [0.717, 1.165) is 12.8 Å². The maximum Gasteiger partial charge on any atom is 0.268 e. The molecule has 1 aromatic carbocycles. The van der Waals surface area contributed by atoms with Crippen molar-refractivity contribution in [3.05, 3.63) is 29.8 Å². The molecule has 1 aromatic rings. The lowest BCUT2D eigenvalue weighted by Crippen LogP contribution is -2.35. The summed E-state index contributed by atoms with van der Waals surface area (Å²) in [6.45, 7) is 4.12. The minimum atomic E-state index is -3.61. The van der Waals surface area contributed by atoms with Crippen LogP contribution in [0, 0.1) is 0 Å². The maximum atomic E-state index is 12.1. The van der Waals surface area contributed by atoms with Crippen LogP contribution in [0.5, 0.6) is 0 Å². The molecular formula is C15H21N3O4S. The van der Waals surface area contributed by atoms with Gasteiger partial charge in [0.2, 0.25) is 0 Å². The number of nitrogens with one attached hydrogen (secondary N) is 2. The monoisotopic (exact) mass is 339 g/mol. The Balaban J connectivity index is 2.30. The number of carbonyl (C=O) groups is 1. The standard InChI is InChI=1S/C15H21N3O4S/c1-3-5-9-12(15(19)17-22-4-2)16-14-11-8-6-7-10-13(11)23(20,21)18-14/h6-8,10,12H,3-5,9H2,1-2H3,(H,16,18)(H,17,19)/t12-/m1/s1. The van der Waals surface area contributed by atoms with E-state index in [1.165, 1.54) is 6.07 Å². The number of nitrogens with zero attached hydrogens (tertiary/aromatic N) is 1. The molecule has 0 saturated carbocycles. The van der Waals surface area contributed by atoms with Gasteiger partial charge in [0.15, 0.2) is 0 Å². The maximum absolute atomic E-state index is 12.1. The van der Waals surface area contributed by atoms with E-state index in [1.807, 2.05) is 6.92 Å². The molecule has 0 bridgehead atoms. The minimum Gasteiger partial charge on any atom is -0.274 e. The van der Waals surface area contributed by atoms with Crippen molar-refractivity contribution in [2.45, 2.75) is 44.0 Å². The molecule has 1 aliphatic heterocycles. The third-order valence-electron chi connectivity index (χ3n) is 3.40. The number of unbranched alkanes of at least 4 members (excludes halogenated alkanes) is 1. The van der Waals surface area contributed by atoms with Crippen LogP contribution in [0.3, 0.4) is 0 Å². The SMILES string of the molecule is CCCC[C@@H](N=C1NS(=O)(=O)c2ccccc21)C(=O)NOCC. The quantitative estimate of drug-likeness (QED) is 0.733. The van der Waals surface area contributed by atoms with Crippen LogP contribution in [0.15, 0.2) is 34.2 Å². The van der Waals surface area contributed by atoms with Gasteiger partial charge < -0.3 is 0 Å². The molecule has 1 atom stereocenters. The third kappa shape index (κ3) is 4.08. The number of amides is 1. The average molecular weight is 339 g/mol. The number of benzene rings is 1. The first-order chi connectivity index (χ1) is 11.0. The summed E-state index contributed by atoms with van der Waals surface area (Å²) in [5.74, 6) is -0.176. The van der Waals surface area contributed by atoms with E-state index in [0.29, 0.717) is 18.6 Å². The molecule has 0 saturated heterocycles. The highest BCUT2D eigenvalue weighted by atomic mass is 32.2. The fraction of sp³-hybridized carbons (Fsp3) is 0.467. The van der Waals surface area contributed by atoms with Crippen LogP contribution in [-0.2, 0) is 19.7 Å². The largest absolute Gasteiger partial charge is 0.274 e. The Bertz CT molecular complexity index is 700. The van der Waals surface area contributed by atoms with Crippen LogP contribution < -0.4 is 10.2 Å². The van der Waals surface area contributed by atoms with Gasteiger partial charge in [-0.15, -0.1) is 0 Å². The second-order valence-corrected chi connectivity index (χ2v) is 6.79. The average Bonchev–Trinajstić information content (AvgIpc) is 2.80. The first-order valence-corrected chi connectivity index (χ1v) is 9.09. The highest BCUT2D eigenvalue weighted by Gasteiger charge is 2.31. The molecule has 0 radical (unpaired) electrons. The number of amidine groups is 1. The third-order valence-corrected chi connectivity index (χ3v) is 4.80. The van der Waals surface area contributed by atoms with Gasteiger partial charge in [0.1, 0.15) is 11.9 Å². The summed E-state index contributed by atoms with van der Waals surface area (Å²) in [5, 5.41) is 0. The normalized spacial score (nSPS) is 18.3. The van der Waals surface area contributed by atoms with Gasteiger partial charge in [-0.05, 0) is 25.5 Å². The topological polar surface area (TPSA) is 96.9 Å². The van der Waals surface area contributed by atoms with E-state index in [4.69, 9.17) is 4.84 Å². The number of aliphatic imine (C=N–C) groups is 1. The highest BCUT2D eigenvalue weighted by Crippen LogP contribution is 2.23. The number of hydroxylamine groups is 1. The molecule has 126 valence electrons. The van der Waals surface area contributed by atoms with E-state index >= 15 is 0 Å². The first kappa shape index (κ1) is 17.4. The number of hydrogen-bond acceptors (Lipinski definition) is 5. The number of hydrogen-bond donors (Lipinski definition) is 2. The molecule has 0 spiro atoms. The Kier molecular flexibility index (Phi) is 5.73. The first-order valence-electron chi connectivity index (χ1n) is 7.61. The van der Waals surface area contributed by atoms with Crippen molar-refractivity contribution in [3.8, 4) is 0 Å². The lowest BCUT2D eigenvalue weighted by Gasteiger charge is -2.13. The van der Waals surface area contributed by atoms with E-state index in [9.17, 15) is 13.2 Å². The summed E-state index contributed by atoms with van der Waals surface area (Å²) in [7, 11) is -3.61. The predicted octanol–water partition coefficient (Wildman–Crippen LogP) is 1.35. The molecule has 2 N–H and O–H groups in total. The zero-order valence-corrected chi connectivity index (χ0v) is 14.0. The van der Waals surface area contributed by atoms with Crippen LogP contribution in [0.2, 0.25) is 0 Å². The lowest BCUT2D eigenvalue weighted by atomic mass is 10.1. The number of carbonyl (C=O) groups excluding carboxylic acids is 1. The summed E-state index contributed by atoms with van der Waals surface area (Å²) in [4.78, 5) is 21.6. The van der Waals surface area contributed by atoms with Crippen molar-refractivity contribution in [2.75, 3.05) is 6.61 Å². The molecule has 0 fully saturated rings. The van der Waals surface area contributed by atoms with Crippen LogP contribution in [0.1, 0.15) is 38.7 Å². The van der Waals surface area contributed by atoms with E-state index in [-0.39, 0.29) is 16.6 Å². The van der Waals surface area contributed by atoms with Crippen molar-refractivity contribution in [1.82, 2.24) is 10.2 Å². The Morgan fingerprint density at radius 3 is 2.78 bits per heavy atom. The summed E-state index contributed by atoms with van der Waals surface area (Å²) in [6, 6.07) is 5.87. The van der Waals surface area contributed by atoms with Gasteiger partial charge in [0, 0.05) is 5.56 Å². The zero-order valence-electron chi connectivity index (χ0n) is 13.2. The van der Waals surface area contributed by atoms with Crippen LogP contribution >= 0.6 is 0 Å². The van der Waals surface area contributed by atoms with E-state index in [2.05, 4.69) is 15.2 Å². The zero-order chi connectivity index (χ0) is 16.9. The fourth-order valence-corrected chi connectivity index (χ4v) is 3.49. The summed E-state index contributed by atoms with van der Waals surface area (Å²) < 4.78 is 26.6. The molecule has 0 aromatic heterocycles. The lowest BCUT2D eigenvalue weighted by molar-refractivity contribution is -0.134. The number of sulfonamides is 1. The van der Waals surface area contributed by atoms with Crippen LogP contribution in [0.4, 0.5) is 0 Å². The van der Waals surface area contributed by atoms with Gasteiger partial charge in [-0.25, -0.2) is 13.9 Å². The minimum absolute atomic E-state index is 0.179. The summed E-state index contributed by atoms with van der Waals surface area (Å²) >= 11 is 0. The van der Waals surface area contributed by atoms with Gasteiger partial charge >= 0.3 is 0 Å². The Labute approximate surface area is 136 Å². The van der Waals surface area contributed by atoms with Crippen molar-refractivity contribution < 1.29 is 18.0 Å². The second kappa shape index (κ2) is 7.56. The molecule has 1 amide bonds. The van der Waals surface area contributed by atoms with E-state index in [1.54, 1.807) is 25.1 Å². The fourth-order valence-electron chi connectivity index (χ4n) is 2.25. The van der Waals surface area contributed by atoms with Crippen molar-refractivity contribution in [1.29, 1.82) is 0 Å². The molecule has 0 aliphatic carbocycles. The Morgan fingerprint density at radius 2 is 2.09 bits per heavy atom. The second-order valence-electron chi connectivity index (χ2n) is 5.14. The molecule has 0 unspecified atom stereocenters. The summed E-state index contributed by atoms with van der Waals surface area (Å²) in [6.07, 6.45) is 2.23. The van der Waals surface area contributed by atoms with Crippen molar-refractivity contribution >= 4 is 21.8 Å². The van der Waals surface area contributed by atoms with Gasteiger partial charge in [0.25, 0.3) is 15.9 Å². The van der Waals surface area contributed by atoms with Gasteiger partial charge in [-0.3, -0.25) is 19.3 Å². The molecule has 1 aliphatic rings. The molecular weight excluding hydrogens is 318 g/mol. The molecule has 2 rings (SSSR count). The number of fused-ring (bicyclic) bond motifs is 1. The Morgan fingerprint density at radius 1 is 1.35 bits per heavy atom. The number of rotatable bonds is 7. The molecule has 7 nitrogen and oxygen atoms in total. The molecule has 8 heteroatoms.